The van der Waals surface area contributed by atoms with E-state index in [-0.39, 0.29) is 17.1 Å². The molecule has 0 fully saturated rings. The van der Waals surface area contributed by atoms with Crippen LogP contribution in [0.15, 0.2) is 65.8 Å². The van der Waals surface area contributed by atoms with E-state index in [4.69, 9.17) is 0 Å². The summed E-state index contributed by atoms with van der Waals surface area (Å²) < 4.78 is 2.90. The van der Waals surface area contributed by atoms with Gasteiger partial charge in [-0.2, -0.15) is 5.10 Å². The molecule has 2 N–H and O–H groups in total. The lowest BCUT2D eigenvalue weighted by atomic mass is 10.2. The van der Waals surface area contributed by atoms with Crippen molar-refractivity contribution in [3.05, 3.63) is 82.7 Å². The smallest absolute Gasteiger partial charge is 0.272 e. The van der Waals surface area contributed by atoms with Crippen molar-refractivity contribution in [3.63, 3.8) is 0 Å². The molecule has 0 radical (unpaired) electrons. The van der Waals surface area contributed by atoms with Crippen LogP contribution >= 0.6 is 0 Å². The molecule has 0 aliphatic heterocycles. The number of amides is 1. The zero-order valence-corrected chi connectivity index (χ0v) is 13.1. The van der Waals surface area contributed by atoms with Crippen LogP contribution in [0.25, 0.3) is 5.65 Å². The number of benzene rings is 1. The third-order valence-electron chi connectivity index (χ3n) is 3.71. The van der Waals surface area contributed by atoms with Crippen LogP contribution in [0.4, 0.5) is 5.69 Å². The highest BCUT2D eigenvalue weighted by molar-refractivity contribution is 6.08. The molecule has 3 aromatic heterocycles. The molecular weight excluding hydrogens is 320 g/mol. The van der Waals surface area contributed by atoms with Gasteiger partial charge in [-0.3, -0.25) is 19.4 Å². The van der Waals surface area contributed by atoms with E-state index in [1.807, 2.05) is 18.2 Å². The fraction of sp³-hybridized carbons (Fsp3) is 0.0588. The Balaban J connectivity index is 1.70. The third-order valence-corrected chi connectivity index (χ3v) is 3.71. The average Bonchev–Trinajstić information content (AvgIpc) is 3.25. The monoisotopic (exact) mass is 334 g/mol. The van der Waals surface area contributed by atoms with E-state index in [1.165, 1.54) is 16.8 Å². The first-order valence-electron chi connectivity index (χ1n) is 7.64. The topological polar surface area (TPSA) is 97.1 Å². The van der Waals surface area contributed by atoms with Gasteiger partial charge in [0.05, 0.1) is 12.2 Å². The quantitative estimate of drug-likeness (QED) is 0.591. The predicted molar refractivity (Wildman–Crippen MR) is 91.5 cm³/mol. The highest BCUT2D eigenvalue weighted by atomic mass is 16.2. The van der Waals surface area contributed by atoms with Crippen LogP contribution in [0.1, 0.15) is 16.1 Å². The first-order chi connectivity index (χ1) is 12.2. The Morgan fingerprint density at radius 3 is 2.80 bits per heavy atom. The van der Waals surface area contributed by atoms with Crippen molar-refractivity contribution in [3.8, 4) is 0 Å². The van der Waals surface area contributed by atoms with Crippen molar-refractivity contribution in [2.24, 2.45) is 0 Å². The molecule has 0 unspecified atom stereocenters. The van der Waals surface area contributed by atoms with Gasteiger partial charge in [-0.05, 0) is 18.2 Å². The molecular formula is C17H14N6O2. The number of fused-ring (bicyclic) bond motifs is 1. The normalized spacial score (nSPS) is 10.9. The van der Waals surface area contributed by atoms with Crippen molar-refractivity contribution < 1.29 is 4.79 Å². The summed E-state index contributed by atoms with van der Waals surface area (Å²) in [5, 5.41) is 9.66. The summed E-state index contributed by atoms with van der Waals surface area (Å²) in [5.41, 5.74) is 1.49. The number of carbonyl (C=O) groups excluding carboxylic acids is 1. The Morgan fingerprint density at radius 2 is 2.04 bits per heavy atom. The van der Waals surface area contributed by atoms with Gasteiger partial charge >= 0.3 is 0 Å². The zero-order chi connectivity index (χ0) is 17.2. The highest BCUT2D eigenvalue weighted by Crippen LogP contribution is 2.12. The Bertz CT molecular complexity index is 1080. The van der Waals surface area contributed by atoms with Gasteiger partial charge in [0, 0.05) is 30.3 Å². The van der Waals surface area contributed by atoms with E-state index in [9.17, 15) is 9.59 Å². The largest absolute Gasteiger partial charge is 0.322 e. The lowest BCUT2D eigenvalue weighted by Gasteiger charge is -2.05. The lowest BCUT2D eigenvalue weighted by Crippen LogP contribution is -2.18. The molecule has 0 atom stereocenters. The molecule has 8 nitrogen and oxygen atoms in total. The van der Waals surface area contributed by atoms with Gasteiger partial charge in [0.15, 0.2) is 5.65 Å². The lowest BCUT2D eigenvalue weighted by molar-refractivity contribution is 0.102. The second-order valence-corrected chi connectivity index (χ2v) is 5.46. The van der Waals surface area contributed by atoms with Crippen molar-refractivity contribution >= 4 is 17.2 Å². The number of carbonyl (C=O) groups is 1. The van der Waals surface area contributed by atoms with Gasteiger partial charge in [0.25, 0.3) is 11.5 Å². The maximum atomic E-state index is 12.5. The summed E-state index contributed by atoms with van der Waals surface area (Å²) in [7, 11) is 0. The Hall–Kier alpha value is -3.68. The molecule has 0 spiro atoms. The molecule has 0 bridgehead atoms. The van der Waals surface area contributed by atoms with Crippen LogP contribution in [0.3, 0.4) is 0 Å². The van der Waals surface area contributed by atoms with Gasteiger partial charge in [-0.1, -0.05) is 18.2 Å². The summed E-state index contributed by atoms with van der Waals surface area (Å²) >= 11 is 0. The van der Waals surface area contributed by atoms with Crippen LogP contribution in [0.2, 0.25) is 0 Å². The highest BCUT2D eigenvalue weighted by Gasteiger charge is 2.16. The number of para-hydroxylation sites is 1. The number of H-pyrrole nitrogens is 1. The number of aromatic nitrogens is 5. The molecule has 0 saturated heterocycles. The standard InChI is InChI=1S/C17H14N6O2/c24-15-9-13(11-22-8-4-7-18-22)20-16-14(10-19-23(15)16)17(25)21-12-5-2-1-3-6-12/h1-10,19H,11H2,(H,21,25). The predicted octanol–water partition coefficient (Wildman–Crippen LogP) is 1.52. The molecule has 0 aliphatic rings. The fourth-order valence-electron chi connectivity index (χ4n) is 2.56. The Kier molecular flexibility index (Phi) is 3.62. The Morgan fingerprint density at radius 1 is 1.20 bits per heavy atom. The first-order valence-corrected chi connectivity index (χ1v) is 7.64. The van der Waals surface area contributed by atoms with E-state index in [2.05, 4.69) is 20.5 Å². The van der Waals surface area contributed by atoms with E-state index >= 15 is 0 Å². The van der Waals surface area contributed by atoms with Crippen LogP contribution < -0.4 is 10.9 Å². The first kappa shape index (κ1) is 14.9. The molecule has 124 valence electrons. The number of nitrogens with zero attached hydrogens (tertiary/aromatic N) is 4. The number of rotatable bonds is 4. The van der Waals surface area contributed by atoms with Gasteiger partial charge < -0.3 is 5.32 Å². The summed E-state index contributed by atoms with van der Waals surface area (Å²) in [4.78, 5) is 29.2. The van der Waals surface area contributed by atoms with Gasteiger partial charge in [0.2, 0.25) is 0 Å². The van der Waals surface area contributed by atoms with E-state index in [0.717, 1.165) is 0 Å². The minimum atomic E-state index is -0.340. The number of aromatic amines is 1. The van der Waals surface area contributed by atoms with Gasteiger partial charge in [-0.25, -0.2) is 9.50 Å². The number of hydrogen-bond donors (Lipinski definition) is 2. The molecule has 25 heavy (non-hydrogen) atoms. The number of hydrogen-bond acceptors (Lipinski definition) is 4. The summed E-state index contributed by atoms with van der Waals surface area (Å²) in [5.74, 6) is -0.340. The van der Waals surface area contributed by atoms with Crippen LogP contribution in [-0.2, 0) is 6.54 Å². The molecule has 4 aromatic rings. The van der Waals surface area contributed by atoms with E-state index < -0.39 is 0 Å². The van der Waals surface area contributed by atoms with Crippen molar-refractivity contribution in [1.29, 1.82) is 0 Å². The van der Waals surface area contributed by atoms with Crippen molar-refractivity contribution in [2.45, 2.75) is 6.54 Å². The van der Waals surface area contributed by atoms with Crippen molar-refractivity contribution in [2.75, 3.05) is 5.32 Å². The summed E-state index contributed by atoms with van der Waals surface area (Å²) in [6.07, 6.45) is 4.91. The minimum absolute atomic E-state index is 0.281. The molecule has 3 heterocycles. The molecule has 1 aromatic carbocycles. The minimum Gasteiger partial charge on any atom is -0.322 e. The van der Waals surface area contributed by atoms with Gasteiger partial charge in [-0.15, -0.1) is 0 Å². The van der Waals surface area contributed by atoms with Crippen molar-refractivity contribution in [1.82, 2.24) is 24.4 Å². The van der Waals surface area contributed by atoms with E-state index in [0.29, 0.717) is 23.5 Å². The Labute approximate surface area is 141 Å². The van der Waals surface area contributed by atoms with Crippen LogP contribution in [0, 0.1) is 0 Å². The summed E-state index contributed by atoms with van der Waals surface area (Å²) in [6.45, 7) is 0.351. The molecule has 1 amide bonds. The second kappa shape index (κ2) is 6.08. The van der Waals surface area contributed by atoms with E-state index in [1.54, 1.807) is 35.3 Å². The molecule has 0 saturated carbocycles. The maximum absolute atomic E-state index is 12.5. The molecule has 8 heteroatoms. The number of nitrogens with one attached hydrogen (secondary N) is 2. The van der Waals surface area contributed by atoms with Gasteiger partial charge in [0.1, 0.15) is 5.56 Å². The second-order valence-electron chi connectivity index (χ2n) is 5.46. The zero-order valence-electron chi connectivity index (χ0n) is 13.1. The maximum Gasteiger partial charge on any atom is 0.272 e. The third kappa shape index (κ3) is 2.92. The molecule has 0 aliphatic carbocycles. The summed E-state index contributed by atoms with van der Waals surface area (Å²) in [6, 6.07) is 12.3. The fourth-order valence-corrected chi connectivity index (χ4v) is 2.56. The average molecular weight is 334 g/mol. The van der Waals surface area contributed by atoms with Crippen LogP contribution in [-0.4, -0.2) is 30.3 Å². The molecule has 4 rings (SSSR count). The van der Waals surface area contributed by atoms with Crippen LogP contribution in [0.5, 0.6) is 0 Å². The SMILES string of the molecule is O=C(Nc1ccccc1)c1c[nH]n2c(=O)cc(Cn3cccn3)nc12. The number of anilines is 1.